The van der Waals surface area contributed by atoms with Crippen molar-refractivity contribution in [1.82, 2.24) is 9.80 Å². The van der Waals surface area contributed by atoms with Gasteiger partial charge in [0.1, 0.15) is 13.5 Å². The van der Waals surface area contributed by atoms with Gasteiger partial charge in [0.2, 0.25) is 0 Å². The lowest BCUT2D eigenvalue weighted by atomic mass is 10.0. The number of rotatable bonds is 8. The van der Waals surface area contributed by atoms with Crippen LogP contribution in [0.5, 0.6) is 0 Å². The van der Waals surface area contributed by atoms with Crippen LogP contribution in [-0.2, 0) is 0 Å². The second kappa shape index (κ2) is 9.21. The average Bonchev–Trinajstić information content (AvgIpc) is 2.55. The van der Waals surface area contributed by atoms with Gasteiger partial charge in [-0.15, -0.1) is 0 Å². The number of hydrogen-bond acceptors (Lipinski definition) is 6. The topological polar surface area (TPSA) is 122 Å². The van der Waals surface area contributed by atoms with Gasteiger partial charge < -0.3 is 30.2 Å². The lowest BCUT2D eigenvalue weighted by molar-refractivity contribution is 0.0498. The van der Waals surface area contributed by atoms with Gasteiger partial charge in [-0.2, -0.15) is 0 Å². The quantitative estimate of drug-likeness (QED) is 0.444. The highest BCUT2D eigenvalue weighted by Gasteiger charge is 2.19. The zero-order chi connectivity index (χ0) is 17.4. The standard InChI is InChI=1S/C15H22N2O6/c1-11-6-12(14(22)16(9-20)2-4-18)8-13(7-11)15(23)17(10-21)3-5-19/h6-8,18-21H,2-5,9-10H2,1H3. The van der Waals surface area contributed by atoms with Crippen LogP contribution >= 0.6 is 0 Å². The summed E-state index contributed by atoms with van der Waals surface area (Å²) in [6, 6.07) is 4.49. The minimum atomic E-state index is -0.552. The Kier molecular flexibility index (Phi) is 7.63. The summed E-state index contributed by atoms with van der Waals surface area (Å²) < 4.78 is 0. The van der Waals surface area contributed by atoms with E-state index in [1.54, 1.807) is 19.1 Å². The minimum absolute atomic E-state index is 0.0279. The van der Waals surface area contributed by atoms with Crippen LogP contribution in [0.2, 0.25) is 0 Å². The molecule has 0 bridgehead atoms. The molecule has 0 unspecified atom stereocenters. The molecule has 0 aliphatic rings. The fourth-order valence-electron chi connectivity index (χ4n) is 2.11. The third-order valence-corrected chi connectivity index (χ3v) is 3.23. The van der Waals surface area contributed by atoms with Crippen molar-refractivity contribution < 1.29 is 30.0 Å². The summed E-state index contributed by atoms with van der Waals surface area (Å²) in [5, 5.41) is 36.2. The van der Waals surface area contributed by atoms with Crippen molar-refractivity contribution >= 4 is 11.8 Å². The largest absolute Gasteiger partial charge is 0.395 e. The van der Waals surface area contributed by atoms with Crippen LogP contribution in [0.3, 0.4) is 0 Å². The van der Waals surface area contributed by atoms with E-state index < -0.39 is 25.3 Å². The Morgan fingerprint density at radius 1 is 0.826 bits per heavy atom. The van der Waals surface area contributed by atoms with Crippen molar-refractivity contribution in [3.05, 3.63) is 34.9 Å². The number of aryl methyl sites for hydroxylation is 1. The van der Waals surface area contributed by atoms with Crippen molar-refractivity contribution in [2.24, 2.45) is 0 Å². The summed E-state index contributed by atoms with van der Waals surface area (Å²) in [4.78, 5) is 26.7. The van der Waals surface area contributed by atoms with Crippen LogP contribution in [0.15, 0.2) is 18.2 Å². The third kappa shape index (κ3) is 5.00. The molecule has 1 aromatic rings. The molecule has 4 N–H and O–H groups in total. The Bertz CT molecular complexity index is 505. The van der Waals surface area contributed by atoms with Gasteiger partial charge in [0.05, 0.1) is 13.2 Å². The van der Waals surface area contributed by atoms with Gasteiger partial charge >= 0.3 is 0 Å². The molecular weight excluding hydrogens is 304 g/mol. The zero-order valence-electron chi connectivity index (χ0n) is 13.0. The Morgan fingerprint density at radius 3 is 1.52 bits per heavy atom. The number of aliphatic hydroxyl groups is 4. The maximum absolute atomic E-state index is 12.3. The summed E-state index contributed by atoms with van der Waals surface area (Å²) in [7, 11) is 0. The van der Waals surface area contributed by atoms with E-state index >= 15 is 0 Å². The minimum Gasteiger partial charge on any atom is -0.395 e. The average molecular weight is 326 g/mol. The molecule has 2 amide bonds. The first-order valence-corrected chi connectivity index (χ1v) is 7.12. The highest BCUT2D eigenvalue weighted by molar-refractivity contribution is 6.00. The molecule has 8 heteroatoms. The van der Waals surface area contributed by atoms with Crippen molar-refractivity contribution in [2.75, 3.05) is 39.8 Å². The molecule has 0 aliphatic heterocycles. The molecule has 23 heavy (non-hydrogen) atoms. The summed E-state index contributed by atoms with van der Waals surface area (Å²) in [6.45, 7) is -0.0386. The highest BCUT2D eigenvalue weighted by Crippen LogP contribution is 2.14. The van der Waals surface area contributed by atoms with E-state index in [-0.39, 0.29) is 37.4 Å². The predicted molar refractivity (Wildman–Crippen MR) is 81.6 cm³/mol. The molecule has 0 atom stereocenters. The molecule has 1 aromatic carbocycles. The molecule has 0 saturated carbocycles. The summed E-state index contributed by atoms with van der Waals surface area (Å²) in [5.41, 5.74) is 1.04. The fourth-order valence-corrected chi connectivity index (χ4v) is 2.11. The van der Waals surface area contributed by atoms with E-state index in [4.69, 9.17) is 10.2 Å². The van der Waals surface area contributed by atoms with E-state index in [0.29, 0.717) is 5.56 Å². The number of aliphatic hydroxyl groups excluding tert-OH is 4. The summed E-state index contributed by atoms with van der Waals surface area (Å²) >= 11 is 0. The SMILES string of the molecule is Cc1cc(C(=O)N(CO)CCO)cc(C(=O)N(CO)CCO)c1. The van der Waals surface area contributed by atoms with E-state index in [1.165, 1.54) is 6.07 Å². The normalized spacial score (nSPS) is 10.5. The van der Waals surface area contributed by atoms with Gasteiger partial charge in [0, 0.05) is 24.2 Å². The third-order valence-electron chi connectivity index (χ3n) is 3.23. The number of benzene rings is 1. The lowest BCUT2D eigenvalue weighted by Gasteiger charge is -2.21. The Morgan fingerprint density at radius 2 is 1.22 bits per heavy atom. The zero-order valence-corrected chi connectivity index (χ0v) is 13.0. The first-order valence-electron chi connectivity index (χ1n) is 7.12. The Labute approximate surface area is 134 Å². The molecule has 0 heterocycles. The predicted octanol–water partition coefficient (Wildman–Crippen LogP) is -1.24. The molecule has 0 fully saturated rings. The van der Waals surface area contributed by atoms with E-state index in [1.807, 2.05) is 0 Å². The van der Waals surface area contributed by atoms with Crippen LogP contribution in [0.1, 0.15) is 26.3 Å². The highest BCUT2D eigenvalue weighted by atomic mass is 16.3. The van der Waals surface area contributed by atoms with Gasteiger partial charge in [-0.3, -0.25) is 9.59 Å². The van der Waals surface area contributed by atoms with Crippen LogP contribution in [0, 0.1) is 6.92 Å². The molecule has 0 radical (unpaired) electrons. The molecule has 1 rings (SSSR count). The fraction of sp³-hybridized carbons (Fsp3) is 0.467. The van der Waals surface area contributed by atoms with Gasteiger partial charge in [-0.25, -0.2) is 0 Å². The van der Waals surface area contributed by atoms with Crippen LogP contribution in [-0.4, -0.2) is 81.8 Å². The molecular formula is C15H22N2O6. The monoisotopic (exact) mass is 326 g/mol. The van der Waals surface area contributed by atoms with Crippen LogP contribution in [0.25, 0.3) is 0 Å². The summed E-state index contributed by atoms with van der Waals surface area (Å²) in [6.07, 6.45) is 0. The van der Waals surface area contributed by atoms with Gasteiger partial charge in [0.15, 0.2) is 0 Å². The Balaban J connectivity index is 3.12. The van der Waals surface area contributed by atoms with Crippen LogP contribution < -0.4 is 0 Å². The molecule has 0 spiro atoms. The van der Waals surface area contributed by atoms with Crippen molar-refractivity contribution in [2.45, 2.75) is 6.92 Å². The molecule has 0 aromatic heterocycles. The first kappa shape index (κ1) is 19.0. The van der Waals surface area contributed by atoms with Crippen molar-refractivity contribution in [1.29, 1.82) is 0 Å². The second-order valence-corrected chi connectivity index (χ2v) is 4.95. The first-order chi connectivity index (χ1) is 11.0. The number of hydrogen-bond donors (Lipinski definition) is 4. The maximum atomic E-state index is 12.3. The molecule has 128 valence electrons. The number of carbonyl (C=O) groups excluding carboxylic acids is 2. The van der Waals surface area contributed by atoms with Gasteiger partial charge in [-0.1, -0.05) is 0 Å². The second-order valence-electron chi connectivity index (χ2n) is 4.95. The van der Waals surface area contributed by atoms with E-state index in [9.17, 15) is 19.8 Å². The number of amides is 2. The van der Waals surface area contributed by atoms with Gasteiger partial charge in [-0.05, 0) is 30.7 Å². The van der Waals surface area contributed by atoms with Crippen LogP contribution in [0.4, 0.5) is 0 Å². The van der Waals surface area contributed by atoms with Gasteiger partial charge in [0.25, 0.3) is 11.8 Å². The molecule has 0 saturated heterocycles. The summed E-state index contributed by atoms with van der Waals surface area (Å²) in [5.74, 6) is -1.03. The number of carbonyl (C=O) groups is 2. The van der Waals surface area contributed by atoms with E-state index in [2.05, 4.69) is 0 Å². The smallest absolute Gasteiger partial charge is 0.255 e. The van der Waals surface area contributed by atoms with E-state index in [0.717, 1.165) is 9.80 Å². The Hall–Kier alpha value is -2.00. The molecule has 0 aliphatic carbocycles. The maximum Gasteiger partial charge on any atom is 0.255 e. The lowest BCUT2D eigenvalue weighted by Crippen LogP contribution is -2.36. The van der Waals surface area contributed by atoms with Crippen molar-refractivity contribution in [3.63, 3.8) is 0 Å². The number of nitrogens with zero attached hydrogens (tertiary/aromatic N) is 2. The van der Waals surface area contributed by atoms with Crippen molar-refractivity contribution in [3.8, 4) is 0 Å². The molecule has 8 nitrogen and oxygen atoms in total.